The molecule has 2 rings (SSSR count). The molecule has 6 nitrogen and oxygen atoms in total. The number of amides is 1. The van der Waals surface area contributed by atoms with Gasteiger partial charge in [0.05, 0.1) is 5.69 Å². The minimum atomic E-state index is -3.65. The van der Waals surface area contributed by atoms with Gasteiger partial charge in [0, 0.05) is 25.1 Å². The fourth-order valence-corrected chi connectivity index (χ4v) is 4.09. The molecule has 0 radical (unpaired) electrons. The zero-order valence-corrected chi connectivity index (χ0v) is 13.3. The van der Waals surface area contributed by atoms with Gasteiger partial charge in [0.1, 0.15) is 4.90 Å². The van der Waals surface area contributed by atoms with Crippen LogP contribution in [0, 0.1) is 0 Å². The van der Waals surface area contributed by atoms with Crippen LogP contribution in [0.15, 0.2) is 29.2 Å². The molecule has 1 aromatic carbocycles. The molecule has 114 valence electrons. The lowest BCUT2D eigenvalue weighted by Gasteiger charge is -2.19. The molecule has 1 fully saturated rings. The summed E-state index contributed by atoms with van der Waals surface area (Å²) in [6.07, 6.45) is 0.234. The Morgan fingerprint density at radius 1 is 1.38 bits per heavy atom. The summed E-state index contributed by atoms with van der Waals surface area (Å²) in [5.41, 5.74) is 0.350. The highest BCUT2D eigenvalue weighted by Gasteiger charge is 2.34. The van der Waals surface area contributed by atoms with E-state index in [1.165, 1.54) is 24.9 Å². The molecule has 1 unspecified atom stereocenters. The molecule has 0 spiro atoms. The van der Waals surface area contributed by atoms with Crippen LogP contribution in [0.4, 0.5) is 5.69 Å². The van der Waals surface area contributed by atoms with E-state index in [0.29, 0.717) is 12.2 Å². The Morgan fingerprint density at radius 3 is 2.67 bits per heavy atom. The summed E-state index contributed by atoms with van der Waals surface area (Å²) in [4.78, 5) is 24.8. The molecule has 1 aliphatic heterocycles. The molecule has 1 N–H and O–H groups in total. The maximum atomic E-state index is 12.1. The van der Waals surface area contributed by atoms with Crippen LogP contribution in [0.1, 0.15) is 13.3 Å². The second kappa shape index (κ2) is 6.17. The largest absolute Gasteiger partial charge is 0.310 e. The molecule has 1 amide bonds. The number of rotatable bonds is 4. The van der Waals surface area contributed by atoms with E-state index < -0.39 is 10.0 Å². The number of thioether (sulfide) groups is 1. The normalized spacial score (nSPS) is 19.0. The summed E-state index contributed by atoms with van der Waals surface area (Å²) in [5.74, 6) is -0.174. The lowest BCUT2D eigenvalue weighted by molar-refractivity contribution is -0.117. The van der Waals surface area contributed by atoms with Crippen molar-refractivity contribution in [3.8, 4) is 0 Å². The fraction of sp³-hybridized carbons (Fsp3) is 0.385. The van der Waals surface area contributed by atoms with Crippen molar-refractivity contribution in [2.45, 2.75) is 23.5 Å². The molecule has 1 aromatic rings. The molecular formula is C13H16N2O4S2. The Morgan fingerprint density at radius 2 is 2.05 bits per heavy atom. The van der Waals surface area contributed by atoms with Crippen LogP contribution < -0.4 is 9.62 Å². The second-order valence-electron chi connectivity index (χ2n) is 4.62. The molecule has 8 heteroatoms. The van der Waals surface area contributed by atoms with Crippen LogP contribution in [-0.4, -0.2) is 38.3 Å². The second-order valence-corrected chi connectivity index (χ2v) is 7.95. The van der Waals surface area contributed by atoms with Crippen molar-refractivity contribution in [3.05, 3.63) is 24.3 Å². The van der Waals surface area contributed by atoms with Gasteiger partial charge in [-0.2, -0.15) is 0 Å². The highest BCUT2D eigenvalue weighted by Crippen LogP contribution is 2.32. The Kier molecular flexibility index (Phi) is 4.70. The van der Waals surface area contributed by atoms with E-state index in [1.54, 1.807) is 18.2 Å². The predicted octanol–water partition coefficient (Wildman–Crippen LogP) is 0.980. The van der Waals surface area contributed by atoms with Crippen molar-refractivity contribution < 1.29 is 18.0 Å². The van der Waals surface area contributed by atoms with E-state index in [-0.39, 0.29) is 27.6 Å². The van der Waals surface area contributed by atoms with E-state index in [4.69, 9.17) is 0 Å². The maximum absolute atomic E-state index is 12.1. The van der Waals surface area contributed by atoms with Gasteiger partial charge in [-0.15, -0.1) is 0 Å². The lowest BCUT2D eigenvalue weighted by atomic mass is 10.3. The molecule has 21 heavy (non-hydrogen) atoms. The summed E-state index contributed by atoms with van der Waals surface area (Å²) < 4.78 is 26.3. The molecule has 1 saturated heterocycles. The van der Waals surface area contributed by atoms with Crippen molar-refractivity contribution in [1.29, 1.82) is 0 Å². The Labute approximate surface area is 127 Å². The number of carbonyl (C=O) groups is 2. The predicted molar refractivity (Wildman–Crippen MR) is 81.7 cm³/mol. The zero-order valence-electron chi connectivity index (χ0n) is 11.7. The van der Waals surface area contributed by atoms with Crippen LogP contribution in [0.2, 0.25) is 0 Å². The third kappa shape index (κ3) is 3.45. The summed E-state index contributed by atoms with van der Waals surface area (Å²) in [7, 11) is -2.32. The summed E-state index contributed by atoms with van der Waals surface area (Å²) >= 11 is 1.12. The highest BCUT2D eigenvalue weighted by atomic mass is 32.2. The van der Waals surface area contributed by atoms with Crippen molar-refractivity contribution in [3.63, 3.8) is 0 Å². The number of benzene rings is 1. The van der Waals surface area contributed by atoms with Gasteiger partial charge < -0.3 is 4.90 Å². The van der Waals surface area contributed by atoms with Crippen LogP contribution in [0.5, 0.6) is 0 Å². The fourth-order valence-electron chi connectivity index (χ4n) is 2.24. The topological polar surface area (TPSA) is 83.6 Å². The molecule has 1 heterocycles. The van der Waals surface area contributed by atoms with Crippen LogP contribution in [-0.2, 0) is 19.6 Å². The number of anilines is 1. The number of para-hydroxylation sites is 1. The number of nitrogens with one attached hydrogen (secondary N) is 1. The number of hydrogen-bond acceptors (Lipinski definition) is 5. The number of hydrogen-bond donors (Lipinski definition) is 1. The first-order valence-electron chi connectivity index (χ1n) is 6.35. The van der Waals surface area contributed by atoms with Crippen molar-refractivity contribution in [2.75, 3.05) is 18.5 Å². The standard InChI is InChI=1S/C13H16N2O4S2/c1-9(16)20-10-7-13(17)15(8-10)11-5-3-4-6-12(11)21(18,19)14-2/h3-6,10,14H,7-8H2,1-2H3. The number of sulfonamides is 1. The van der Waals surface area contributed by atoms with Gasteiger partial charge in [-0.05, 0) is 19.2 Å². The van der Waals surface area contributed by atoms with Crippen molar-refractivity contribution in [1.82, 2.24) is 4.72 Å². The minimum Gasteiger partial charge on any atom is -0.310 e. The van der Waals surface area contributed by atoms with Gasteiger partial charge in [0.2, 0.25) is 15.9 Å². The molecule has 0 bridgehead atoms. The number of nitrogens with zero attached hydrogens (tertiary/aromatic N) is 1. The summed E-state index contributed by atoms with van der Waals surface area (Å²) in [5, 5.41) is -0.189. The zero-order chi connectivity index (χ0) is 15.6. The summed E-state index contributed by atoms with van der Waals surface area (Å²) in [6, 6.07) is 6.35. The first-order chi connectivity index (χ1) is 9.85. The molecule has 0 aromatic heterocycles. The SMILES string of the molecule is CNS(=O)(=O)c1ccccc1N1CC(SC(C)=O)CC1=O. The van der Waals surface area contributed by atoms with Gasteiger partial charge in [-0.3, -0.25) is 9.59 Å². The van der Waals surface area contributed by atoms with E-state index in [9.17, 15) is 18.0 Å². The monoisotopic (exact) mass is 328 g/mol. The Balaban J connectivity index is 2.35. The van der Waals surface area contributed by atoms with Gasteiger partial charge in [0.25, 0.3) is 0 Å². The maximum Gasteiger partial charge on any atom is 0.242 e. The molecule has 1 aliphatic rings. The van der Waals surface area contributed by atoms with Gasteiger partial charge >= 0.3 is 0 Å². The molecule has 0 saturated carbocycles. The number of carbonyl (C=O) groups excluding carboxylic acids is 2. The van der Waals surface area contributed by atoms with E-state index in [0.717, 1.165) is 11.8 Å². The molecule has 0 aliphatic carbocycles. The van der Waals surface area contributed by atoms with Crippen LogP contribution in [0.3, 0.4) is 0 Å². The smallest absolute Gasteiger partial charge is 0.242 e. The van der Waals surface area contributed by atoms with Crippen molar-refractivity contribution in [2.24, 2.45) is 0 Å². The lowest BCUT2D eigenvalue weighted by Crippen LogP contribution is -2.28. The average Bonchev–Trinajstić information content (AvgIpc) is 2.78. The van der Waals surface area contributed by atoms with Gasteiger partial charge in [-0.1, -0.05) is 23.9 Å². The average molecular weight is 328 g/mol. The third-order valence-corrected chi connectivity index (χ3v) is 5.58. The molecule has 1 atom stereocenters. The van der Waals surface area contributed by atoms with Crippen molar-refractivity contribution >= 4 is 38.5 Å². The highest BCUT2D eigenvalue weighted by molar-refractivity contribution is 8.14. The first-order valence-corrected chi connectivity index (χ1v) is 8.71. The van der Waals surface area contributed by atoms with E-state index >= 15 is 0 Å². The van der Waals surface area contributed by atoms with E-state index in [1.807, 2.05) is 0 Å². The molecular weight excluding hydrogens is 312 g/mol. The van der Waals surface area contributed by atoms with Crippen LogP contribution >= 0.6 is 11.8 Å². The Bertz CT molecular complexity index is 673. The Hall–Kier alpha value is -1.38. The third-order valence-electron chi connectivity index (χ3n) is 3.14. The quantitative estimate of drug-likeness (QED) is 0.891. The summed E-state index contributed by atoms with van der Waals surface area (Å²) in [6.45, 7) is 1.79. The van der Waals surface area contributed by atoms with Crippen LogP contribution in [0.25, 0.3) is 0 Å². The van der Waals surface area contributed by atoms with E-state index in [2.05, 4.69) is 4.72 Å². The van der Waals surface area contributed by atoms with Gasteiger partial charge in [-0.25, -0.2) is 13.1 Å². The first kappa shape index (κ1) is 16.0. The minimum absolute atomic E-state index is 0.0502. The van der Waals surface area contributed by atoms with Gasteiger partial charge in [0.15, 0.2) is 5.12 Å².